The molecule has 1 aromatic carbocycles. The second-order valence-corrected chi connectivity index (χ2v) is 5.29. The van der Waals surface area contributed by atoms with Gasteiger partial charge >= 0.3 is 0 Å². The molecule has 1 aromatic rings. The van der Waals surface area contributed by atoms with Crippen molar-refractivity contribution in [1.29, 1.82) is 0 Å². The van der Waals surface area contributed by atoms with Crippen LogP contribution >= 0.6 is 0 Å². The molecule has 0 spiro atoms. The van der Waals surface area contributed by atoms with Gasteiger partial charge in [-0.3, -0.25) is 0 Å². The van der Waals surface area contributed by atoms with E-state index in [9.17, 15) is 0 Å². The SMILES string of the molecule is CCNC(CCc1ccccc1)C(C)C(C)C. The van der Waals surface area contributed by atoms with Gasteiger partial charge in [-0.2, -0.15) is 0 Å². The Morgan fingerprint density at radius 3 is 2.24 bits per heavy atom. The van der Waals surface area contributed by atoms with Crippen LogP contribution in [0.1, 0.15) is 39.7 Å². The van der Waals surface area contributed by atoms with E-state index in [1.807, 2.05) is 0 Å². The van der Waals surface area contributed by atoms with Crippen molar-refractivity contribution >= 4 is 0 Å². The van der Waals surface area contributed by atoms with E-state index in [1.54, 1.807) is 0 Å². The summed E-state index contributed by atoms with van der Waals surface area (Å²) >= 11 is 0. The molecule has 0 radical (unpaired) electrons. The molecule has 0 aliphatic heterocycles. The van der Waals surface area contributed by atoms with Crippen LogP contribution in [0.15, 0.2) is 30.3 Å². The third-order valence-electron chi connectivity index (χ3n) is 3.74. The van der Waals surface area contributed by atoms with Crippen molar-refractivity contribution in [3.63, 3.8) is 0 Å². The summed E-state index contributed by atoms with van der Waals surface area (Å²) in [6.45, 7) is 10.3. The first-order valence-electron chi connectivity index (χ1n) is 6.92. The molecule has 0 aliphatic rings. The molecule has 0 heterocycles. The highest BCUT2D eigenvalue weighted by Gasteiger charge is 2.18. The van der Waals surface area contributed by atoms with Crippen LogP contribution in [-0.4, -0.2) is 12.6 Å². The molecule has 0 saturated carbocycles. The average Bonchev–Trinajstić information content (AvgIpc) is 2.34. The Bertz CT molecular complexity index is 292. The summed E-state index contributed by atoms with van der Waals surface area (Å²) in [4.78, 5) is 0. The molecule has 17 heavy (non-hydrogen) atoms. The Hall–Kier alpha value is -0.820. The summed E-state index contributed by atoms with van der Waals surface area (Å²) in [5.41, 5.74) is 1.45. The van der Waals surface area contributed by atoms with Gasteiger partial charge in [-0.25, -0.2) is 0 Å². The number of hydrogen-bond acceptors (Lipinski definition) is 1. The van der Waals surface area contributed by atoms with E-state index >= 15 is 0 Å². The molecule has 0 fully saturated rings. The van der Waals surface area contributed by atoms with E-state index in [2.05, 4.69) is 63.3 Å². The second kappa shape index (κ2) is 7.50. The highest BCUT2D eigenvalue weighted by atomic mass is 14.9. The molecule has 1 N–H and O–H groups in total. The molecule has 0 aromatic heterocycles. The first kappa shape index (κ1) is 14.2. The van der Waals surface area contributed by atoms with Crippen molar-refractivity contribution in [1.82, 2.24) is 5.32 Å². The highest BCUT2D eigenvalue weighted by Crippen LogP contribution is 2.18. The molecule has 0 bridgehead atoms. The molecule has 1 rings (SSSR count). The van der Waals surface area contributed by atoms with Crippen molar-refractivity contribution in [3.05, 3.63) is 35.9 Å². The number of rotatable bonds is 7. The standard InChI is InChI=1S/C16H27N/c1-5-17-16(14(4)13(2)3)12-11-15-9-7-6-8-10-15/h6-10,13-14,16-17H,5,11-12H2,1-4H3. The Morgan fingerprint density at radius 1 is 1.06 bits per heavy atom. The zero-order valence-corrected chi connectivity index (χ0v) is 11.7. The van der Waals surface area contributed by atoms with Gasteiger partial charge in [0.1, 0.15) is 0 Å². The van der Waals surface area contributed by atoms with Gasteiger partial charge in [0.2, 0.25) is 0 Å². The average molecular weight is 233 g/mol. The molecule has 96 valence electrons. The number of hydrogen-bond donors (Lipinski definition) is 1. The minimum atomic E-state index is 0.639. The fourth-order valence-corrected chi connectivity index (χ4v) is 2.24. The third kappa shape index (κ3) is 4.91. The summed E-state index contributed by atoms with van der Waals surface area (Å²) in [6.07, 6.45) is 2.41. The maximum atomic E-state index is 3.63. The second-order valence-electron chi connectivity index (χ2n) is 5.29. The molecular weight excluding hydrogens is 206 g/mol. The van der Waals surface area contributed by atoms with Crippen LogP contribution in [0, 0.1) is 11.8 Å². The van der Waals surface area contributed by atoms with Crippen LogP contribution in [0.3, 0.4) is 0 Å². The molecule has 0 amide bonds. The number of aryl methyl sites for hydroxylation is 1. The van der Waals surface area contributed by atoms with E-state index in [-0.39, 0.29) is 0 Å². The molecule has 2 unspecified atom stereocenters. The van der Waals surface area contributed by atoms with Gasteiger partial charge in [-0.1, -0.05) is 58.0 Å². The van der Waals surface area contributed by atoms with Crippen molar-refractivity contribution in [3.8, 4) is 0 Å². The first-order chi connectivity index (χ1) is 8.15. The summed E-state index contributed by atoms with van der Waals surface area (Å²) in [5, 5.41) is 3.63. The smallest absolute Gasteiger partial charge is 0.00981 e. The van der Waals surface area contributed by atoms with Gasteiger partial charge < -0.3 is 5.32 Å². The fourth-order valence-electron chi connectivity index (χ4n) is 2.24. The van der Waals surface area contributed by atoms with Crippen LogP contribution in [-0.2, 0) is 6.42 Å². The number of nitrogens with one attached hydrogen (secondary N) is 1. The lowest BCUT2D eigenvalue weighted by Gasteiger charge is -2.27. The van der Waals surface area contributed by atoms with Gasteiger partial charge in [0.05, 0.1) is 0 Å². The zero-order chi connectivity index (χ0) is 12.7. The summed E-state index contributed by atoms with van der Waals surface area (Å²) < 4.78 is 0. The molecule has 1 nitrogen and oxygen atoms in total. The summed E-state index contributed by atoms with van der Waals surface area (Å²) in [5.74, 6) is 1.48. The van der Waals surface area contributed by atoms with E-state index in [4.69, 9.17) is 0 Å². The quantitative estimate of drug-likeness (QED) is 0.753. The fraction of sp³-hybridized carbons (Fsp3) is 0.625. The van der Waals surface area contributed by atoms with Gasteiger partial charge in [-0.15, -0.1) is 0 Å². The molecule has 2 atom stereocenters. The summed E-state index contributed by atoms with van der Waals surface area (Å²) in [7, 11) is 0. The Morgan fingerprint density at radius 2 is 1.71 bits per heavy atom. The largest absolute Gasteiger partial charge is 0.314 e. The summed E-state index contributed by atoms with van der Waals surface area (Å²) in [6, 6.07) is 11.4. The van der Waals surface area contributed by atoms with Gasteiger partial charge in [-0.05, 0) is 36.8 Å². The maximum absolute atomic E-state index is 3.63. The van der Waals surface area contributed by atoms with E-state index in [0.29, 0.717) is 6.04 Å². The molecule has 0 aliphatic carbocycles. The van der Waals surface area contributed by atoms with Crippen molar-refractivity contribution in [2.45, 2.75) is 46.6 Å². The molecule has 1 heteroatoms. The minimum absolute atomic E-state index is 0.639. The highest BCUT2D eigenvalue weighted by molar-refractivity contribution is 5.14. The first-order valence-corrected chi connectivity index (χ1v) is 6.92. The Balaban J connectivity index is 2.50. The zero-order valence-electron chi connectivity index (χ0n) is 11.7. The van der Waals surface area contributed by atoms with E-state index < -0.39 is 0 Å². The van der Waals surface area contributed by atoms with Gasteiger partial charge in [0, 0.05) is 6.04 Å². The van der Waals surface area contributed by atoms with Crippen molar-refractivity contribution in [2.24, 2.45) is 11.8 Å². The maximum Gasteiger partial charge on any atom is 0.00981 e. The third-order valence-corrected chi connectivity index (χ3v) is 3.74. The lowest BCUT2D eigenvalue weighted by Crippen LogP contribution is -2.37. The molecule has 0 saturated heterocycles. The van der Waals surface area contributed by atoms with Crippen LogP contribution in [0.25, 0.3) is 0 Å². The van der Waals surface area contributed by atoms with Crippen molar-refractivity contribution < 1.29 is 0 Å². The minimum Gasteiger partial charge on any atom is -0.314 e. The predicted molar refractivity (Wildman–Crippen MR) is 76.2 cm³/mol. The van der Waals surface area contributed by atoms with E-state index in [1.165, 1.54) is 18.4 Å². The predicted octanol–water partition coefficient (Wildman–Crippen LogP) is 3.89. The van der Waals surface area contributed by atoms with Crippen LogP contribution < -0.4 is 5.32 Å². The van der Waals surface area contributed by atoms with Crippen LogP contribution in [0.5, 0.6) is 0 Å². The Kier molecular flexibility index (Phi) is 6.28. The lowest BCUT2D eigenvalue weighted by atomic mass is 9.87. The Labute approximate surface area is 107 Å². The van der Waals surface area contributed by atoms with E-state index in [0.717, 1.165) is 18.4 Å². The normalized spacial score (nSPS) is 14.9. The van der Waals surface area contributed by atoms with Crippen LogP contribution in [0.2, 0.25) is 0 Å². The molecular formula is C16H27N. The topological polar surface area (TPSA) is 12.0 Å². The number of benzene rings is 1. The lowest BCUT2D eigenvalue weighted by molar-refractivity contribution is 0.289. The van der Waals surface area contributed by atoms with Crippen LogP contribution in [0.4, 0.5) is 0 Å². The van der Waals surface area contributed by atoms with Gasteiger partial charge in [0.15, 0.2) is 0 Å². The monoisotopic (exact) mass is 233 g/mol. The van der Waals surface area contributed by atoms with Gasteiger partial charge in [0.25, 0.3) is 0 Å². The van der Waals surface area contributed by atoms with Crippen molar-refractivity contribution in [2.75, 3.05) is 6.54 Å².